The van der Waals surface area contributed by atoms with Gasteiger partial charge in [-0.25, -0.2) is 9.97 Å². The molecule has 4 heteroatoms. The predicted octanol–water partition coefficient (Wildman–Crippen LogP) is 4.11. The van der Waals surface area contributed by atoms with Crippen LogP contribution in [0.2, 0.25) is 0 Å². The maximum absolute atomic E-state index is 6.34. The van der Waals surface area contributed by atoms with E-state index in [1.807, 2.05) is 66.9 Å². The molecule has 0 atom stereocenters. The van der Waals surface area contributed by atoms with E-state index in [0.717, 1.165) is 27.7 Å². The normalized spacial score (nSPS) is 10.5. The topological polar surface area (TPSA) is 51.8 Å². The summed E-state index contributed by atoms with van der Waals surface area (Å²) < 4.78 is 0. The summed E-state index contributed by atoms with van der Waals surface area (Å²) in [6.45, 7) is 0. The van der Waals surface area contributed by atoms with E-state index in [4.69, 9.17) is 5.73 Å². The summed E-state index contributed by atoms with van der Waals surface area (Å²) in [5.41, 5.74) is 10.5. The second kappa shape index (κ2) is 5.97. The number of thioether (sulfide) groups is 1. The van der Waals surface area contributed by atoms with Gasteiger partial charge in [0.25, 0.3) is 0 Å². The van der Waals surface area contributed by atoms with Crippen LogP contribution in [0, 0.1) is 0 Å². The Balaban J connectivity index is 2.23. The monoisotopic (exact) mass is 293 g/mol. The number of hydrogen-bond acceptors (Lipinski definition) is 4. The van der Waals surface area contributed by atoms with Crippen LogP contribution in [0.4, 0.5) is 5.69 Å². The lowest BCUT2D eigenvalue weighted by Gasteiger charge is -2.11. The molecular formula is C17H15N3S. The molecule has 2 aromatic carbocycles. The molecule has 0 spiro atoms. The Morgan fingerprint density at radius 1 is 0.762 bits per heavy atom. The van der Waals surface area contributed by atoms with E-state index in [1.54, 1.807) is 0 Å². The lowest BCUT2D eigenvalue weighted by Crippen LogP contribution is -2.01. The second-order valence-electron chi connectivity index (χ2n) is 4.55. The largest absolute Gasteiger partial charge is 0.395 e. The van der Waals surface area contributed by atoms with Gasteiger partial charge in [-0.1, -0.05) is 72.4 Å². The van der Waals surface area contributed by atoms with Crippen LogP contribution in [0.5, 0.6) is 0 Å². The zero-order valence-corrected chi connectivity index (χ0v) is 12.5. The second-order valence-corrected chi connectivity index (χ2v) is 5.33. The summed E-state index contributed by atoms with van der Waals surface area (Å²) in [5.74, 6) is 0. The fraction of sp³-hybridized carbons (Fsp3) is 0.0588. The molecule has 1 aromatic heterocycles. The third kappa shape index (κ3) is 2.76. The van der Waals surface area contributed by atoms with E-state index in [0.29, 0.717) is 5.69 Å². The molecule has 0 fully saturated rings. The molecule has 0 amide bonds. The number of benzene rings is 2. The molecule has 0 bridgehead atoms. The van der Waals surface area contributed by atoms with Crippen molar-refractivity contribution in [2.75, 3.05) is 12.0 Å². The molecule has 3 rings (SSSR count). The van der Waals surface area contributed by atoms with Crippen molar-refractivity contribution >= 4 is 17.4 Å². The van der Waals surface area contributed by atoms with Gasteiger partial charge < -0.3 is 5.73 Å². The van der Waals surface area contributed by atoms with E-state index >= 15 is 0 Å². The summed E-state index contributed by atoms with van der Waals surface area (Å²) in [6, 6.07) is 19.9. The number of rotatable bonds is 3. The van der Waals surface area contributed by atoms with E-state index in [2.05, 4.69) is 9.97 Å². The maximum Gasteiger partial charge on any atom is 0.188 e. The van der Waals surface area contributed by atoms with E-state index in [1.165, 1.54) is 11.8 Å². The molecule has 0 saturated carbocycles. The Labute approximate surface area is 128 Å². The van der Waals surface area contributed by atoms with Crippen molar-refractivity contribution in [1.29, 1.82) is 0 Å². The van der Waals surface area contributed by atoms with E-state index in [-0.39, 0.29) is 0 Å². The summed E-state index contributed by atoms with van der Waals surface area (Å²) in [4.78, 5) is 9.15. The van der Waals surface area contributed by atoms with Gasteiger partial charge >= 0.3 is 0 Å². The van der Waals surface area contributed by atoms with Crippen LogP contribution in [0.3, 0.4) is 0 Å². The molecule has 0 aliphatic carbocycles. The highest BCUT2D eigenvalue weighted by Crippen LogP contribution is 2.33. The molecule has 3 aromatic rings. The first kappa shape index (κ1) is 13.6. The lowest BCUT2D eigenvalue weighted by molar-refractivity contribution is 0.986. The van der Waals surface area contributed by atoms with Crippen LogP contribution < -0.4 is 5.73 Å². The van der Waals surface area contributed by atoms with Gasteiger partial charge in [0.2, 0.25) is 0 Å². The highest BCUT2D eigenvalue weighted by molar-refractivity contribution is 7.98. The van der Waals surface area contributed by atoms with Crippen LogP contribution in [-0.4, -0.2) is 16.2 Å². The molecule has 0 unspecified atom stereocenters. The number of anilines is 1. The quantitative estimate of drug-likeness (QED) is 0.583. The zero-order valence-electron chi connectivity index (χ0n) is 11.7. The molecule has 0 aliphatic rings. The minimum absolute atomic E-state index is 0.616. The summed E-state index contributed by atoms with van der Waals surface area (Å²) in [6.07, 6.45) is 1.97. The number of hydrogen-bond donors (Lipinski definition) is 1. The number of aromatic nitrogens is 2. The van der Waals surface area contributed by atoms with Crippen LogP contribution in [-0.2, 0) is 0 Å². The SMILES string of the molecule is CSc1nc(-c2ccccc2)c(N)c(-c2ccccc2)n1. The van der Waals surface area contributed by atoms with Crippen molar-refractivity contribution in [2.45, 2.75) is 5.16 Å². The third-order valence-electron chi connectivity index (χ3n) is 3.20. The van der Waals surface area contributed by atoms with Crippen molar-refractivity contribution in [3.63, 3.8) is 0 Å². The van der Waals surface area contributed by atoms with Gasteiger partial charge in [0.15, 0.2) is 5.16 Å². The fourth-order valence-corrected chi connectivity index (χ4v) is 2.54. The highest BCUT2D eigenvalue weighted by atomic mass is 32.2. The standard InChI is InChI=1S/C17H15N3S/c1-21-17-19-15(12-8-4-2-5-9-12)14(18)16(20-17)13-10-6-3-7-11-13/h2-11H,18H2,1H3. The average Bonchev–Trinajstić information content (AvgIpc) is 2.57. The summed E-state index contributed by atoms with van der Waals surface area (Å²) in [7, 11) is 0. The van der Waals surface area contributed by atoms with Crippen LogP contribution in [0.15, 0.2) is 65.8 Å². The van der Waals surface area contributed by atoms with Crippen molar-refractivity contribution in [1.82, 2.24) is 9.97 Å². The van der Waals surface area contributed by atoms with Crippen molar-refractivity contribution in [3.8, 4) is 22.5 Å². The Kier molecular flexibility index (Phi) is 3.88. The molecule has 21 heavy (non-hydrogen) atoms. The Morgan fingerprint density at radius 3 is 1.57 bits per heavy atom. The van der Waals surface area contributed by atoms with Crippen molar-refractivity contribution in [2.24, 2.45) is 0 Å². The molecule has 2 N–H and O–H groups in total. The molecule has 104 valence electrons. The molecule has 0 radical (unpaired) electrons. The molecule has 3 nitrogen and oxygen atoms in total. The number of nitrogen functional groups attached to an aromatic ring is 1. The van der Waals surface area contributed by atoms with Crippen molar-refractivity contribution in [3.05, 3.63) is 60.7 Å². The summed E-state index contributed by atoms with van der Waals surface area (Å²) in [5, 5.41) is 0.724. The van der Waals surface area contributed by atoms with Gasteiger partial charge in [0.1, 0.15) is 0 Å². The van der Waals surface area contributed by atoms with E-state index in [9.17, 15) is 0 Å². The predicted molar refractivity (Wildman–Crippen MR) is 89.1 cm³/mol. The van der Waals surface area contributed by atoms with Gasteiger partial charge in [-0.2, -0.15) is 0 Å². The Bertz CT molecular complexity index is 682. The van der Waals surface area contributed by atoms with Gasteiger partial charge in [-0.05, 0) is 6.26 Å². The molecule has 0 saturated heterocycles. The minimum Gasteiger partial charge on any atom is -0.395 e. The zero-order chi connectivity index (χ0) is 14.7. The molecular weight excluding hydrogens is 278 g/mol. The van der Waals surface area contributed by atoms with Crippen molar-refractivity contribution < 1.29 is 0 Å². The van der Waals surface area contributed by atoms with Crippen LogP contribution in [0.25, 0.3) is 22.5 Å². The first-order valence-electron chi connectivity index (χ1n) is 6.62. The van der Waals surface area contributed by atoms with Gasteiger partial charge in [0.05, 0.1) is 17.1 Å². The highest BCUT2D eigenvalue weighted by Gasteiger charge is 2.14. The van der Waals surface area contributed by atoms with Gasteiger partial charge in [-0.15, -0.1) is 0 Å². The Hall–Kier alpha value is -2.33. The summed E-state index contributed by atoms with van der Waals surface area (Å²) >= 11 is 1.52. The smallest absolute Gasteiger partial charge is 0.188 e. The third-order valence-corrected chi connectivity index (χ3v) is 3.75. The number of nitrogens with two attached hydrogens (primary N) is 1. The minimum atomic E-state index is 0.616. The first-order valence-corrected chi connectivity index (χ1v) is 7.84. The lowest BCUT2D eigenvalue weighted by atomic mass is 10.1. The van der Waals surface area contributed by atoms with Gasteiger partial charge in [0, 0.05) is 11.1 Å². The van der Waals surface area contributed by atoms with E-state index < -0.39 is 0 Å². The first-order chi connectivity index (χ1) is 10.3. The maximum atomic E-state index is 6.34. The molecule has 0 aliphatic heterocycles. The van der Waals surface area contributed by atoms with Crippen LogP contribution >= 0.6 is 11.8 Å². The Morgan fingerprint density at radius 2 is 1.19 bits per heavy atom. The fourth-order valence-electron chi connectivity index (χ4n) is 2.17. The van der Waals surface area contributed by atoms with Gasteiger partial charge in [-0.3, -0.25) is 0 Å². The number of nitrogens with zero attached hydrogens (tertiary/aromatic N) is 2. The average molecular weight is 293 g/mol. The molecule has 1 heterocycles. The van der Waals surface area contributed by atoms with Crippen LogP contribution in [0.1, 0.15) is 0 Å².